The van der Waals surface area contributed by atoms with E-state index in [0.717, 1.165) is 11.6 Å². The number of carboxylic acid groups (broad SMARTS) is 1. The second kappa shape index (κ2) is 6.64. The lowest BCUT2D eigenvalue weighted by atomic mass is 9.75. The van der Waals surface area contributed by atoms with Gasteiger partial charge >= 0.3 is 21.7 Å². The van der Waals surface area contributed by atoms with Crippen LogP contribution in [0.15, 0.2) is 18.2 Å². The zero-order chi connectivity index (χ0) is 19.9. The summed E-state index contributed by atoms with van der Waals surface area (Å²) in [4.78, 5) is 12.6. The summed E-state index contributed by atoms with van der Waals surface area (Å²) < 4.78 is 64.1. The van der Waals surface area contributed by atoms with Crippen molar-refractivity contribution in [1.29, 1.82) is 0 Å². The van der Waals surface area contributed by atoms with Crippen LogP contribution in [0.2, 0.25) is 0 Å². The second-order valence-electron chi connectivity index (χ2n) is 7.24. The Morgan fingerprint density at radius 2 is 1.88 bits per heavy atom. The van der Waals surface area contributed by atoms with E-state index >= 15 is 0 Å². The highest BCUT2D eigenvalue weighted by Crippen LogP contribution is 2.40. The van der Waals surface area contributed by atoms with E-state index in [1.165, 1.54) is 17.0 Å². The van der Waals surface area contributed by atoms with Crippen LogP contribution in [0.1, 0.15) is 37.8 Å². The van der Waals surface area contributed by atoms with Crippen LogP contribution < -0.4 is 4.18 Å². The molecule has 0 aromatic heterocycles. The van der Waals surface area contributed by atoms with Gasteiger partial charge in [0.05, 0.1) is 0 Å². The molecule has 0 radical (unpaired) electrons. The molecule has 1 aromatic carbocycles. The molecule has 0 fully saturated rings. The molecule has 0 aliphatic carbocycles. The largest absolute Gasteiger partial charge is 0.534 e. The van der Waals surface area contributed by atoms with Crippen LogP contribution in [0.5, 0.6) is 5.75 Å². The minimum atomic E-state index is -5.76. The highest BCUT2D eigenvalue weighted by molar-refractivity contribution is 7.88. The summed E-state index contributed by atoms with van der Waals surface area (Å²) in [5.74, 6) is -0.651. The highest BCUT2D eigenvalue weighted by Gasteiger charge is 2.48. The molecular formula is C16H20F3NO5S. The van der Waals surface area contributed by atoms with Crippen LogP contribution in [0.4, 0.5) is 18.0 Å². The van der Waals surface area contributed by atoms with Crippen molar-refractivity contribution >= 4 is 16.2 Å². The van der Waals surface area contributed by atoms with E-state index < -0.39 is 27.5 Å². The molecule has 0 bridgehead atoms. The van der Waals surface area contributed by atoms with E-state index in [1.54, 1.807) is 0 Å². The van der Waals surface area contributed by atoms with Gasteiger partial charge in [0.2, 0.25) is 0 Å². The SMILES string of the molecule is CC(C)(C)C1CN(C(=O)O)CCc2cc(OS(=O)(=O)C(F)(F)F)ccc21. The van der Waals surface area contributed by atoms with Crippen LogP contribution in [0, 0.1) is 5.41 Å². The molecule has 1 aromatic rings. The molecule has 10 heteroatoms. The van der Waals surface area contributed by atoms with Crippen molar-refractivity contribution in [2.24, 2.45) is 5.41 Å². The van der Waals surface area contributed by atoms with Gasteiger partial charge in [-0.3, -0.25) is 0 Å². The zero-order valence-corrected chi connectivity index (χ0v) is 15.3. The third kappa shape index (κ3) is 4.22. The molecule has 1 atom stereocenters. The third-order valence-electron chi connectivity index (χ3n) is 4.35. The number of halogens is 3. The van der Waals surface area contributed by atoms with Crippen LogP contribution in [-0.4, -0.2) is 43.1 Å². The van der Waals surface area contributed by atoms with Gasteiger partial charge in [0.25, 0.3) is 0 Å². The molecule has 1 heterocycles. The fourth-order valence-electron chi connectivity index (χ4n) is 2.94. The molecule has 1 aliphatic rings. The molecule has 146 valence electrons. The minimum Gasteiger partial charge on any atom is -0.465 e. The quantitative estimate of drug-likeness (QED) is 0.611. The standard InChI is InChI=1S/C16H20F3NO5S/c1-15(2,3)13-9-20(14(21)22)7-6-10-8-11(4-5-12(10)13)25-26(23,24)16(17,18)19/h4-5,8,13H,6-7,9H2,1-3H3,(H,21,22). The fraction of sp³-hybridized carbons (Fsp3) is 0.562. The number of hydrogen-bond donors (Lipinski definition) is 1. The molecule has 0 saturated heterocycles. The first-order valence-electron chi connectivity index (χ1n) is 7.84. The molecule has 2 rings (SSSR count). The molecule has 26 heavy (non-hydrogen) atoms. The van der Waals surface area contributed by atoms with Crippen molar-refractivity contribution < 1.29 is 35.7 Å². The maximum Gasteiger partial charge on any atom is 0.534 e. The van der Waals surface area contributed by atoms with E-state index in [-0.39, 0.29) is 30.8 Å². The Morgan fingerprint density at radius 1 is 1.27 bits per heavy atom. The van der Waals surface area contributed by atoms with Crippen LogP contribution in [0.25, 0.3) is 0 Å². The maximum atomic E-state index is 12.5. The van der Waals surface area contributed by atoms with Gasteiger partial charge in [-0.25, -0.2) is 4.79 Å². The average Bonchev–Trinajstić information content (AvgIpc) is 2.64. The van der Waals surface area contributed by atoms with Gasteiger partial charge in [-0.2, -0.15) is 21.6 Å². The summed E-state index contributed by atoms with van der Waals surface area (Å²) in [6, 6.07) is 3.91. The van der Waals surface area contributed by atoms with Crippen molar-refractivity contribution in [3.63, 3.8) is 0 Å². The molecule has 1 aliphatic heterocycles. The van der Waals surface area contributed by atoms with E-state index in [4.69, 9.17) is 0 Å². The predicted molar refractivity (Wildman–Crippen MR) is 87.5 cm³/mol. The summed E-state index contributed by atoms with van der Waals surface area (Å²) in [6.45, 7) is 6.21. The summed E-state index contributed by atoms with van der Waals surface area (Å²) in [5, 5.41) is 9.32. The lowest BCUT2D eigenvalue weighted by Crippen LogP contribution is -2.36. The fourth-order valence-corrected chi connectivity index (χ4v) is 3.40. The molecule has 1 amide bonds. The van der Waals surface area contributed by atoms with E-state index in [9.17, 15) is 31.5 Å². The predicted octanol–water partition coefficient (Wildman–Crippen LogP) is 3.58. The van der Waals surface area contributed by atoms with Crippen molar-refractivity contribution in [3.05, 3.63) is 29.3 Å². The number of carbonyl (C=O) groups is 1. The Hall–Kier alpha value is -1.97. The highest BCUT2D eigenvalue weighted by atomic mass is 32.2. The minimum absolute atomic E-state index is 0.157. The van der Waals surface area contributed by atoms with Gasteiger partial charge in [0.15, 0.2) is 0 Å². The van der Waals surface area contributed by atoms with Crippen molar-refractivity contribution in [2.45, 2.75) is 38.6 Å². The Labute approximate surface area is 149 Å². The topological polar surface area (TPSA) is 83.9 Å². The van der Waals surface area contributed by atoms with Crippen molar-refractivity contribution in [3.8, 4) is 5.75 Å². The average molecular weight is 395 g/mol. The number of alkyl halides is 3. The van der Waals surface area contributed by atoms with Gasteiger partial charge in [0, 0.05) is 19.0 Å². The Kier molecular flexibility index (Phi) is 5.19. The van der Waals surface area contributed by atoms with Gasteiger partial charge in [-0.05, 0) is 35.1 Å². The maximum absolute atomic E-state index is 12.5. The smallest absolute Gasteiger partial charge is 0.465 e. The van der Waals surface area contributed by atoms with Crippen LogP contribution in [0.3, 0.4) is 0 Å². The zero-order valence-electron chi connectivity index (χ0n) is 14.5. The van der Waals surface area contributed by atoms with Crippen molar-refractivity contribution in [1.82, 2.24) is 4.90 Å². The van der Waals surface area contributed by atoms with Crippen LogP contribution in [-0.2, 0) is 16.5 Å². The number of amides is 1. The first kappa shape index (κ1) is 20.3. The van der Waals surface area contributed by atoms with Crippen molar-refractivity contribution in [2.75, 3.05) is 13.1 Å². The van der Waals surface area contributed by atoms with Gasteiger partial charge in [-0.15, -0.1) is 0 Å². The number of benzene rings is 1. The summed E-state index contributed by atoms with van der Waals surface area (Å²) >= 11 is 0. The Balaban J connectivity index is 2.43. The van der Waals surface area contributed by atoms with E-state index in [1.807, 2.05) is 20.8 Å². The first-order chi connectivity index (χ1) is 11.7. The number of rotatable bonds is 2. The first-order valence-corrected chi connectivity index (χ1v) is 9.24. The Bertz CT molecular complexity index is 799. The monoisotopic (exact) mass is 395 g/mol. The molecule has 1 unspecified atom stereocenters. The van der Waals surface area contributed by atoms with E-state index in [2.05, 4.69) is 4.18 Å². The van der Waals surface area contributed by atoms with Crippen LogP contribution >= 0.6 is 0 Å². The molecular weight excluding hydrogens is 375 g/mol. The number of hydrogen-bond acceptors (Lipinski definition) is 4. The number of fused-ring (bicyclic) bond motifs is 1. The van der Waals surface area contributed by atoms with Gasteiger partial charge in [0.1, 0.15) is 5.75 Å². The lowest BCUT2D eigenvalue weighted by molar-refractivity contribution is -0.0500. The number of nitrogens with zero attached hydrogens (tertiary/aromatic N) is 1. The third-order valence-corrected chi connectivity index (χ3v) is 5.33. The normalized spacial score (nSPS) is 18.8. The van der Waals surface area contributed by atoms with E-state index in [0.29, 0.717) is 5.56 Å². The van der Waals surface area contributed by atoms with Gasteiger partial charge < -0.3 is 14.2 Å². The Morgan fingerprint density at radius 3 is 2.38 bits per heavy atom. The molecule has 0 spiro atoms. The molecule has 6 nitrogen and oxygen atoms in total. The summed E-state index contributed by atoms with van der Waals surface area (Å²) in [5.41, 5.74) is -4.48. The van der Waals surface area contributed by atoms with Gasteiger partial charge in [-0.1, -0.05) is 26.8 Å². The summed E-state index contributed by atoms with van der Waals surface area (Å²) in [7, 11) is -5.76. The lowest BCUT2D eigenvalue weighted by Gasteiger charge is -2.33. The molecule has 0 saturated carbocycles. The second-order valence-corrected chi connectivity index (χ2v) is 8.78. The summed E-state index contributed by atoms with van der Waals surface area (Å²) in [6.07, 6.45) is -0.833. The molecule has 1 N–H and O–H groups in total.